The molecule has 7 nitrogen and oxygen atoms in total. The maximum atomic E-state index is 8.56. The largest absolute Gasteiger partial charge is 1.00 e. The first-order valence-corrected chi connectivity index (χ1v) is 1.20. The SMILES string of the molecule is O=C(O)O.O=[N+]([O-])[O-].[Na+]. The van der Waals surface area contributed by atoms with Crippen molar-refractivity contribution in [3.63, 3.8) is 0 Å². The van der Waals surface area contributed by atoms with Crippen LogP contribution in [0.1, 0.15) is 0 Å². The summed E-state index contributed by atoms with van der Waals surface area (Å²) < 4.78 is 0. The van der Waals surface area contributed by atoms with Crippen molar-refractivity contribution in [2.24, 2.45) is 0 Å². The molecule has 48 valence electrons. The number of nitrogens with zero attached hydrogens (tertiary/aromatic N) is 1. The Morgan fingerprint density at radius 2 is 1.33 bits per heavy atom. The molecular formula is CH2NNaO6. The molecule has 0 saturated heterocycles. The Morgan fingerprint density at radius 1 is 1.33 bits per heavy atom. The predicted molar refractivity (Wildman–Crippen MR) is 21.0 cm³/mol. The second-order valence-electron chi connectivity index (χ2n) is 0.506. The van der Waals surface area contributed by atoms with E-state index in [-0.39, 0.29) is 29.6 Å². The Hall–Kier alpha value is -0.530. The van der Waals surface area contributed by atoms with Gasteiger partial charge in [-0.3, -0.25) is 0 Å². The van der Waals surface area contributed by atoms with Gasteiger partial charge in [0, 0.05) is 0 Å². The summed E-state index contributed by atoms with van der Waals surface area (Å²) in [5.41, 5.74) is 0. The van der Waals surface area contributed by atoms with Crippen LogP contribution in [0.2, 0.25) is 0 Å². The fourth-order valence-electron chi connectivity index (χ4n) is 0. The van der Waals surface area contributed by atoms with Crippen molar-refractivity contribution >= 4 is 6.16 Å². The normalized spacial score (nSPS) is 5.33. The molecule has 2 N–H and O–H groups in total. The number of carboxylic acid groups (broad SMARTS) is 2. The third kappa shape index (κ3) is 796. The van der Waals surface area contributed by atoms with E-state index in [1.54, 1.807) is 0 Å². The van der Waals surface area contributed by atoms with Crippen LogP contribution in [0.15, 0.2) is 0 Å². The Balaban J connectivity index is -0.0000000720. The van der Waals surface area contributed by atoms with Gasteiger partial charge < -0.3 is 25.5 Å². The maximum Gasteiger partial charge on any atom is 1.00 e. The molecule has 0 aromatic heterocycles. The van der Waals surface area contributed by atoms with Crippen LogP contribution in [-0.2, 0) is 0 Å². The first-order chi connectivity index (χ1) is 3.46. The van der Waals surface area contributed by atoms with Gasteiger partial charge in [0.05, 0.1) is 5.09 Å². The molecule has 0 saturated carbocycles. The third-order valence-electron chi connectivity index (χ3n) is 0. The van der Waals surface area contributed by atoms with E-state index in [4.69, 9.17) is 30.3 Å². The second kappa shape index (κ2) is 10.5. The Labute approximate surface area is 71.3 Å². The van der Waals surface area contributed by atoms with Crippen LogP contribution in [0.25, 0.3) is 0 Å². The minimum atomic E-state index is -1.83. The zero-order valence-electron chi connectivity index (χ0n) is 4.47. The molecular weight excluding hydrogens is 145 g/mol. The van der Waals surface area contributed by atoms with Gasteiger partial charge in [-0.25, -0.2) is 4.79 Å². The van der Waals surface area contributed by atoms with E-state index in [0.717, 1.165) is 0 Å². The van der Waals surface area contributed by atoms with Crippen LogP contribution >= 0.6 is 0 Å². The van der Waals surface area contributed by atoms with E-state index < -0.39 is 11.2 Å². The molecule has 0 spiro atoms. The number of hydrogen-bond acceptors (Lipinski definition) is 4. The second-order valence-corrected chi connectivity index (χ2v) is 0.506. The Bertz CT molecular complexity index is 71.1. The summed E-state index contributed by atoms with van der Waals surface area (Å²) in [5, 5.41) is 28.7. The molecule has 0 aliphatic rings. The van der Waals surface area contributed by atoms with Gasteiger partial charge in [-0.2, -0.15) is 0 Å². The minimum Gasteiger partial charge on any atom is -0.450 e. The van der Waals surface area contributed by atoms with Gasteiger partial charge in [0.2, 0.25) is 0 Å². The summed E-state index contributed by atoms with van der Waals surface area (Å²) >= 11 is 0. The van der Waals surface area contributed by atoms with Crippen molar-refractivity contribution in [3.05, 3.63) is 15.3 Å². The molecule has 0 aliphatic heterocycles. The quantitative estimate of drug-likeness (QED) is 0.213. The molecule has 8 heteroatoms. The van der Waals surface area contributed by atoms with Crippen molar-refractivity contribution in [2.75, 3.05) is 0 Å². The topological polar surface area (TPSA) is 124 Å². The summed E-state index contributed by atoms with van der Waals surface area (Å²) in [6.45, 7) is 0. The summed E-state index contributed by atoms with van der Waals surface area (Å²) in [5.74, 6) is 0. The number of carbonyl (C=O) groups is 1. The average molecular weight is 147 g/mol. The van der Waals surface area contributed by atoms with Crippen LogP contribution in [0.5, 0.6) is 0 Å². The van der Waals surface area contributed by atoms with Crippen molar-refractivity contribution in [1.29, 1.82) is 0 Å². The summed E-state index contributed by atoms with van der Waals surface area (Å²) in [4.78, 5) is 16.8. The predicted octanol–water partition coefficient (Wildman–Crippen LogP) is -3.01. The van der Waals surface area contributed by atoms with Crippen molar-refractivity contribution < 1.29 is 49.7 Å². The standard InChI is InChI=1S/CH2O3.NO3.Na/c2*2-1(3)4;/h(H2,2,3,4);;/q;-1;+1. The van der Waals surface area contributed by atoms with Gasteiger partial charge in [0.25, 0.3) is 0 Å². The van der Waals surface area contributed by atoms with Crippen molar-refractivity contribution in [2.45, 2.75) is 0 Å². The van der Waals surface area contributed by atoms with Gasteiger partial charge in [0.1, 0.15) is 0 Å². The molecule has 0 aliphatic carbocycles. The fraction of sp³-hybridized carbons (Fsp3) is 0. The first-order valence-electron chi connectivity index (χ1n) is 1.20. The summed E-state index contributed by atoms with van der Waals surface area (Å²) in [6, 6.07) is 0. The van der Waals surface area contributed by atoms with E-state index in [1.165, 1.54) is 0 Å². The maximum absolute atomic E-state index is 8.56. The van der Waals surface area contributed by atoms with Gasteiger partial charge in [-0.1, -0.05) is 0 Å². The van der Waals surface area contributed by atoms with E-state index in [1.807, 2.05) is 0 Å². The molecule has 0 fully saturated rings. The fourth-order valence-corrected chi connectivity index (χ4v) is 0. The third-order valence-corrected chi connectivity index (χ3v) is 0. The monoisotopic (exact) mass is 147 g/mol. The van der Waals surface area contributed by atoms with Crippen LogP contribution in [0, 0.1) is 15.3 Å². The van der Waals surface area contributed by atoms with E-state index in [2.05, 4.69) is 0 Å². The number of hydrogen-bond donors (Lipinski definition) is 2. The van der Waals surface area contributed by atoms with Crippen molar-refractivity contribution in [1.82, 2.24) is 0 Å². The van der Waals surface area contributed by atoms with Crippen LogP contribution in [0.3, 0.4) is 0 Å². The van der Waals surface area contributed by atoms with Gasteiger partial charge in [-0.15, -0.1) is 0 Å². The van der Waals surface area contributed by atoms with Crippen molar-refractivity contribution in [3.8, 4) is 0 Å². The van der Waals surface area contributed by atoms with Crippen LogP contribution in [0.4, 0.5) is 4.79 Å². The van der Waals surface area contributed by atoms with E-state index in [0.29, 0.717) is 0 Å². The molecule has 0 bridgehead atoms. The molecule has 0 aromatic carbocycles. The molecule has 0 amide bonds. The van der Waals surface area contributed by atoms with Crippen LogP contribution < -0.4 is 29.6 Å². The van der Waals surface area contributed by atoms with E-state index >= 15 is 0 Å². The average Bonchev–Trinajstić information content (AvgIpc) is 1.25. The van der Waals surface area contributed by atoms with Gasteiger partial charge in [-0.05, 0) is 0 Å². The molecule has 0 radical (unpaired) electrons. The van der Waals surface area contributed by atoms with Crippen LogP contribution in [-0.4, -0.2) is 21.5 Å². The molecule has 0 atom stereocenters. The Morgan fingerprint density at radius 3 is 1.33 bits per heavy atom. The molecule has 0 aromatic rings. The Kier molecular flexibility index (Phi) is 18.3. The zero-order valence-corrected chi connectivity index (χ0v) is 6.47. The molecule has 9 heavy (non-hydrogen) atoms. The molecule has 0 rings (SSSR count). The smallest absolute Gasteiger partial charge is 0.450 e. The molecule has 0 heterocycles. The zero-order chi connectivity index (χ0) is 7.15. The minimum absolute atomic E-state index is 0. The van der Waals surface area contributed by atoms with E-state index in [9.17, 15) is 0 Å². The summed E-state index contributed by atoms with van der Waals surface area (Å²) in [7, 11) is 0. The first kappa shape index (κ1) is 15.8. The molecule has 0 unspecified atom stereocenters. The van der Waals surface area contributed by atoms with Gasteiger partial charge >= 0.3 is 35.7 Å². The van der Waals surface area contributed by atoms with Gasteiger partial charge in [0.15, 0.2) is 0 Å². The number of rotatable bonds is 0. The summed E-state index contributed by atoms with van der Waals surface area (Å²) in [6.07, 6.45) is -1.83.